The summed E-state index contributed by atoms with van der Waals surface area (Å²) in [4.78, 5) is 3.94. The van der Waals surface area contributed by atoms with E-state index in [1.807, 2.05) is 0 Å². The van der Waals surface area contributed by atoms with E-state index in [9.17, 15) is 8.42 Å². The monoisotopic (exact) mass is 256 g/mol. The normalized spacial score (nSPS) is 11.8. The van der Waals surface area contributed by atoms with E-state index in [1.54, 1.807) is 0 Å². The molecule has 0 atom stereocenters. The number of hydrogen-bond acceptors (Lipinski definition) is 5. The largest absolute Gasteiger partial charge is 0.266 e. The van der Waals surface area contributed by atoms with Crippen molar-refractivity contribution in [3.8, 4) is 0 Å². The highest BCUT2D eigenvalue weighted by atomic mass is 32.2. The topological polar surface area (TPSA) is 116 Å². The zero-order valence-electron chi connectivity index (χ0n) is 8.92. The van der Waals surface area contributed by atoms with E-state index in [0.29, 0.717) is 19.4 Å². The summed E-state index contributed by atoms with van der Waals surface area (Å²) in [7, 11) is -3.47. The van der Waals surface area contributed by atoms with Crippen LogP contribution in [-0.4, -0.2) is 40.3 Å². The van der Waals surface area contributed by atoms with Crippen molar-refractivity contribution in [1.29, 1.82) is 0 Å². The second kappa shape index (κ2) is 5.06. The highest BCUT2D eigenvalue weighted by Crippen LogP contribution is 2.02. The number of nitrogens with zero attached hydrogens (tertiary/aromatic N) is 3. The van der Waals surface area contributed by atoms with Gasteiger partial charge in [0, 0.05) is 13.0 Å². The van der Waals surface area contributed by atoms with Gasteiger partial charge >= 0.3 is 0 Å². The van der Waals surface area contributed by atoms with Gasteiger partial charge in [0.2, 0.25) is 0 Å². The average Bonchev–Trinajstić information content (AvgIpc) is 2.97. The fourth-order valence-electron chi connectivity index (χ4n) is 1.28. The van der Waals surface area contributed by atoms with Gasteiger partial charge in [-0.15, -0.1) is 0 Å². The van der Waals surface area contributed by atoms with Crippen molar-refractivity contribution in [2.45, 2.75) is 17.9 Å². The molecule has 0 aliphatic rings. The Kier molecular flexibility index (Phi) is 3.49. The molecule has 2 rings (SSSR count). The van der Waals surface area contributed by atoms with Crippen molar-refractivity contribution in [2.75, 3.05) is 6.54 Å². The summed E-state index contributed by atoms with van der Waals surface area (Å²) in [5, 5.41) is 12.5. The molecule has 0 spiro atoms. The smallest absolute Gasteiger partial charge is 0.257 e. The lowest BCUT2D eigenvalue weighted by molar-refractivity contribution is 0.574. The first-order chi connectivity index (χ1) is 8.18. The second-order valence-corrected chi connectivity index (χ2v) is 5.09. The van der Waals surface area contributed by atoms with E-state index in [2.05, 4.69) is 30.1 Å². The van der Waals surface area contributed by atoms with Crippen molar-refractivity contribution in [1.82, 2.24) is 30.1 Å². The van der Waals surface area contributed by atoms with Crippen LogP contribution in [0.3, 0.4) is 0 Å². The first-order valence-corrected chi connectivity index (χ1v) is 6.50. The van der Waals surface area contributed by atoms with Crippen LogP contribution >= 0.6 is 0 Å². The summed E-state index contributed by atoms with van der Waals surface area (Å²) >= 11 is 0. The number of hydrogen-bond donors (Lipinski definition) is 3. The Morgan fingerprint density at radius 3 is 2.82 bits per heavy atom. The van der Waals surface area contributed by atoms with Gasteiger partial charge in [-0.05, 0) is 12.5 Å². The summed E-state index contributed by atoms with van der Waals surface area (Å²) in [5.41, 5.74) is 0. The average molecular weight is 256 g/mol. The van der Waals surface area contributed by atoms with Crippen LogP contribution in [0.15, 0.2) is 23.6 Å². The summed E-state index contributed by atoms with van der Waals surface area (Å²) in [6.07, 6.45) is 4.10. The van der Waals surface area contributed by atoms with Crippen LogP contribution in [0, 0.1) is 0 Å². The van der Waals surface area contributed by atoms with Gasteiger partial charge in [0.15, 0.2) is 5.03 Å². The highest BCUT2D eigenvalue weighted by Gasteiger charge is 2.14. The zero-order valence-corrected chi connectivity index (χ0v) is 9.74. The molecule has 0 fully saturated rings. The van der Waals surface area contributed by atoms with Gasteiger partial charge in [0.1, 0.15) is 12.2 Å². The van der Waals surface area contributed by atoms with Gasteiger partial charge in [-0.3, -0.25) is 10.2 Å². The zero-order chi connectivity index (χ0) is 12.1. The molecule has 0 amide bonds. The Labute approximate surface area is 97.9 Å². The Balaban J connectivity index is 1.79. The maximum Gasteiger partial charge on any atom is 0.257 e. The van der Waals surface area contributed by atoms with Crippen molar-refractivity contribution in [2.24, 2.45) is 0 Å². The van der Waals surface area contributed by atoms with Crippen molar-refractivity contribution in [3.63, 3.8) is 0 Å². The lowest BCUT2D eigenvalue weighted by atomic mass is 10.3. The third kappa shape index (κ3) is 3.11. The van der Waals surface area contributed by atoms with E-state index in [4.69, 9.17) is 0 Å². The summed E-state index contributed by atoms with van der Waals surface area (Å²) in [6, 6.07) is 1.40. The van der Waals surface area contributed by atoms with Gasteiger partial charge in [0.05, 0.1) is 6.20 Å². The number of aromatic nitrogens is 5. The molecule has 92 valence electrons. The molecule has 2 aromatic rings. The molecule has 2 aromatic heterocycles. The van der Waals surface area contributed by atoms with E-state index in [1.165, 1.54) is 18.6 Å². The highest BCUT2D eigenvalue weighted by molar-refractivity contribution is 7.89. The molecule has 0 unspecified atom stereocenters. The van der Waals surface area contributed by atoms with Crippen LogP contribution < -0.4 is 4.72 Å². The molecule has 0 saturated heterocycles. The first kappa shape index (κ1) is 11.7. The molecule has 0 aromatic carbocycles. The van der Waals surface area contributed by atoms with Crippen LogP contribution in [-0.2, 0) is 16.4 Å². The molecule has 9 heteroatoms. The molecule has 0 saturated carbocycles. The summed E-state index contributed by atoms with van der Waals surface area (Å²) in [5.74, 6) is 0.741. The molecule has 8 nitrogen and oxygen atoms in total. The van der Waals surface area contributed by atoms with Gasteiger partial charge in [-0.1, -0.05) is 0 Å². The Hall–Kier alpha value is -1.74. The quantitative estimate of drug-likeness (QED) is 0.599. The van der Waals surface area contributed by atoms with Gasteiger partial charge in [-0.2, -0.15) is 10.2 Å². The van der Waals surface area contributed by atoms with E-state index < -0.39 is 10.0 Å². The number of nitrogens with one attached hydrogen (secondary N) is 3. The third-order valence-corrected chi connectivity index (χ3v) is 3.50. The molecule has 2 heterocycles. The minimum atomic E-state index is -3.47. The summed E-state index contributed by atoms with van der Waals surface area (Å²) < 4.78 is 25.7. The molecule has 0 aliphatic carbocycles. The van der Waals surface area contributed by atoms with E-state index >= 15 is 0 Å². The minimum Gasteiger partial charge on any atom is -0.266 e. The Morgan fingerprint density at radius 1 is 1.29 bits per heavy atom. The first-order valence-electron chi connectivity index (χ1n) is 5.02. The maximum absolute atomic E-state index is 11.6. The third-order valence-electron chi connectivity index (χ3n) is 2.11. The lowest BCUT2D eigenvalue weighted by Gasteiger charge is -2.03. The number of H-pyrrole nitrogens is 2. The molecule has 0 aliphatic heterocycles. The summed E-state index contributed by atoms with van der Waals surface area (Å²) in [6.45, 7) is 0.335. The number of aromatic amines is 2. The Bertz CT molecular complexity index is 533. The molecule has 17 heavy (non-hydrogen) atoms. The molecule has 0 bridgehead atoms. The predicted octanol–water partition coefficient (Wildman–Crippen LogP) is -0.561. The fraction of sp³-hybridized carbons (Fsp3) is 0.375. The van der Waals surface area contributed by atoms with Gasteiger partial charge in [0.25, 0.3) is 10.0 Å². The molecule has 0 radical (unpaired) electrons. The number of rotatable bonds is 6. The van der Waals surface area contributed by atoms with E-state index in [0.717, 1.165) is 5.82 Å². The van der Waals surface area contributed by atoms with Gasteiger partial charge < -0.3 is 0 Å². The molecule has 3 N–H and O–H groups in total. The fourth-order valence-corrected chi connectivity index (χ4v) is 2.27. The maximum atomic E-state index is 11.6. The van der Waals surface area contributed by atoms with Crippen molar-refractivity contribution < 1.29 is 8.42 Å². The number of aryl methyl sites for hydroxylation is 1. The molecular weight excluding hydrogens is 244 g/mol. The predicted molar refractivity (Wildman–Crippen MR) is 58.5 cm³/mol. The lowest BCUT2D eigenvalue weighted by Crippen LogP contribution is -2.25. The SMILES string of the molecule is O=S(=O)(NCCCc1ncn[nH]1)c1ccn[nH]1. The van der Waals surface area contributed by atoms with E-state index in [-0.39, 0.29) is 5.03 Å². The van der Waals surface area contributed by atoms with Crippen LogP contribution in [0.2, 0.25) is 0 Å². The van der Waals surface area contributed by atoms with Crippen molar-refractivity contribution in [3.05, 3.63) is 24.4 Å². The van der Waals surface area contributed by atoms with Crippen LogP contribution in [0.1, 0.15) is 12.2 Å². The Morgan fingerprint density at radius 2 is 2.18 bits per heavy atom. The standard InChI is InChI=1S/C8H12N6O2S/c15-17(16,8-3-5-10-14-8)12-4-1-2-7-9-6-11-13-7/h3,5-6,12H,1-2,4H2,(H,10,14)(H,9,11,13). The van der Waals surface area contributed by atoms with Gasteiger partial charge in [-0.25, -0.2) is 18.1 Å². The molecular formula is C8H12N6O2S. The van der Waals surface area contributed by atoms with Crippen LogP contribution in [0.4, 0.5) is 0 Å². The second-order valence-electron chi connectivity index (χ2n) is 3.35. The van der Waals surface area contributed by atoms with Crippen LogP contribution in [0.5, 0.6) is 0 Å². The van der Waals surface area contributed by atoms with Crippen molar-refractivity contribution >= 4 is 10.0 Å². The van der Waals surface area contributed by atoms with Crippen LogP contribution in [0.25, 0.3) is 0 Å². The minimum absolute atomic E-state index is 0.0668. The number of sulfonamides is 1.